The van der Waals surface area contributed by atoms with Crippen LogP contribution in [-0.4, -0.2) is 22.3 Å². The summed E-state index contributed by atoms with van der Waals surface area (Å²) >= 11 is 1.67. The first-order valence-corrected chi connectivity index (χ1v) is 5.72. The van der Waals surface area contributed by atoms with Crippen LogP contribution in [0.5, 0.6) is 0 Å². The first kappa shape index (κ1) is 12.6. The molecule has 1 fully saturated rings. The number of hydroxylamine groups is 1. The van der Waals surface area contributed by atoms with Crippen molar-refractivity contribution in [2.45, 2.75) is 18.9 Å². The van der Waals surface area contributed by atoms with Gasteiger partial charge in [0.15, 0.2) is 0 Å². The van der Waals surface area contributed by atoms with E-state index in [0.717, 1.165) is 0 Å². The molecule has 1 heterocycles. The fourth-order valence-corrected chi connectivity index (χ4v) is 1.58. The van der Waals surface area contributed by atoms with E-state index < -0.39 is 0 Å². The maximum absolute atomic E-state index is 11.3. The molecule has 0 radical (unpaired) electrons. The minimum absolute atomic E-state index is 0.0699. The Bertz CT molecular complexity index is 281. The number of nitrogens with two attached hydrogens (primary N) is 1. The number of amides is 1. The third-order valence-corrected chi connectivity index (χ3v) is 2.50. The number of rotatable bonds is 4. The molecule has 5 nitrogen and oxygen atoms in total. The summed E-state index contributed by atoms with van der Waals surface area (Å²) in [7, 11) is 0. The van der Waals surface area contributed by atoms with Gasteiger partial charge in [0.05, 0.1) is 6.61 Å². The van der Waals surface area contributed by atoms with E-state index in [4.69, 9.17) is 10.6 Å². The Hall–Kier alpha value is -0.470. The Morgan fingerprint density at radius 1 is 1.80 bits per heavy atom. The quantitative estimate of drug-likeness (QED) is 0.442. The Balaban J connectivity index is 2.39. The minimum Gasteiger partial charge on any atom is -0.324 e. The highest BCUT2D eigenvalue weighted by molar-refractivity contribution is 14.1. The summed E-state index contributed by atoms with van der Waals surface area (Å²) in [4.78, 5) is 26.7. The van der Waals surface area contributed by atoms with Crippen LogP contribution >= 0.6 is 22.6 Å². The second kappa shape index (κ2) is 6.19. The van der Waals surface area contributed by atoms with E-state index in [1.54, 1.807) is 28.7 Å². The van der Waals surface area contributed by atoms with Crippen molar-refractivity contribution in [2.75, 3.05) is 6.61 Å². The fourth-order valence-electron chi connectivity index (χ4n) is 1.37. The smallest absolute Gasteiger partial charge is 0.246 e. The monoisotopic (exact) mass is 324 g/mol. The molecule has 0 saturated carbocycles. The number of halogens is 1. The molecular formula is C9H13IN2O3. The zero-order chi connectivity index (χ0) is 11.3. The first-order chi connectivity index (χ1) is 7.09. The van der Waals surface area contributed by atoms with Gasteiger partial charge in [-0.1, -0.05) is 6.08 Å². The molecule has 1 amide bonds. The van der Waals surface area contributed by atoms with Crippen LogP contribution in [0.4, 0.5) is 0 Å². The number of allylic oxidation sites excluding steroid dienone is 1. The molecule has 15 heavy (non-hydrogen) atoms. The molecule has 2 atom stereocenters. The number of hydrogen-bond donors (Lipinski definition) is 2. The van der Waals surface area contributed by atoms with E-state index in [-0.39, 0.29) is 21.7 Å². The summed E-state index contributed by atoms with van der Waals surface area (Å²) < 4.78 is -0.0699. The van der Waals surface area contributed by atoms with Crippen molar-refractivity contribution in [3.05, 3.63) is 12.2 Å². The molecule has 1 aliphatic rings. The lowest BCUT2D eigenvalue weighted by molar-refractivity contribution is -0.145. The van der Waals surface area contributed by atoms with Crippen LogP contribution in [0.15, 0.2) is 12.2 Å². The molecule has 0 bridgehead atoms. The van der Waals surface area contributed by atoms with Crippen LogP contribution in [0.1, 0.15) is 12.8 Å². The Morgan fingerprint density at radius 3 is 3.13 bits per heavy atom. The van der Waals surface area contributed by atoms with Crippen molar-refractivity contribution < 1.29 is 14.4 Å². The molecule has 1 aliphatic heterocycles. The maximum atomic E-state index is 11.3. The van der Waals surface area contributed by atoms with E-state index in [1.165, 1.54) is 6.08 Å². The van der Waals surface area contributed by atoms with E-state index in [1.807, 2.05) is 0 Å². The van der Waals surface area contributed by atoms with Crippen molar-refractivity contribution in [2.24, 2.45) is 11.7 Å². The van der Waals surface area contributed by atoms with Gasteiger partial charge in [0, 0.05) is 34.6 Å². The zero-order valence-electron chi connectivity index (χ0n) is 8.11. The summed E-state index contributed by atoms with van der Waals surface area (Å²) in [6.45, 7) is 0.512. The number of nitrogens with one attached hydrogen (secondary N) is 1. The second-order valence-corrected chi connectivity index (χ2v) is 4.43. The molecule has 6 heteroatoms. The molecule has 0 unspecified atom stereocenters. The highest BCUT2D eigenvalue weighted by atomic mass is 127. The standard InChI is InChI=1S/C9H13IN2O3/c10-8(13)2-1-7(11)5-6-3-4-15-12-9(6)14/h1-2,6-7H,3-5,11H2,(H,12,14)/b2-1+/t6-,7+/m0/s1. The van der Waals surface area contributed by atoms with E-state index in [9.17, 15) is 9.59 Å². The van der Waals surface area contributed by atoms with Crippen molar-refractivity contribution >= 4 is 32.3 Å². The predicted molar refractivity (Wildman–Crippen MR) is 63.0 cm³/mol. The largest absolute Gasteiger partial charge is 0.324 e. The van der Waals surface area contributed by atoms with Crippen molar-refractivity contribution in [3.8, 4) is 0 Å². The molecule has 0 aromatic heterocycles. The summed E-state index contributed by atoms with van der Waals surface area (Å²) in [5.41, 5.74) is 8.07. The molecule has 1 saturated heterocycles. The van der Waals surface area contributed by atoms with E-state index in [2.05, 4.69) is 5.48 Å². The fraction of sp³-hybridized carbons (Fsp3) is 0.556. The van der Waals surface area contributed by atoms with Crippen molar-refractivity contribution in [3.63, 3.8) is 0 Å². The summed E-state index contributed by atoms with van der Waals surface area (Å²) in [5.74, 6) is -0.256. The average molecular weight is 324 g/mol. The number of carbonyl (C=O) groups excluding carboxylic acids is 2. The predicted octanol–water partition coefficient (Wildman–Crippen LogP) is 0.289. The molecule has 84 valence electrons. The van der Waals surface area contributed by atoms with Crippen LogP contribution in [0.3, 0.4) is 0 Å². The highest BCUT2D eigenvalue weighted by Crippen LogP contribution is 2.14. The van der Waals surface area contributed by atoms with Gasteiger partial charge in [-0.3, -0.25) is 14.4 Å². The van der Waals surface area contributed by atoms with Gasteiger partial charge in [0.1, 0.15) is 0 Å². The Labute approximate surface area is 102 Å². The van der Waals surface area contributed by atoms with Crippen molar-refractivity contribution in [1.82, 2.24) is 5.48 Å². The van der Waals surface area contributed by atoms with Crippen LogP contribution in [-0.2, 0) is 14.4 Å². The Kier molecular flexibility index (Phi) is 5.20. The molecule has 0 spiro atoms. The molecule has 3 N–H and O–H groups in total. The highest BCUT2D eigenvalue weighted by Gasteiger charge is 2.24. The number of carbonyl (C=O) groups is 2. The third kappa shape index (κ3) is 4.72. The van der Waals surface area contributed by atoms with Crippen LogP contribution in [0, 0.1) is 5.92 Å². The summed E-state index contributed by atoms with van der Waals surface area (Å²) in [6.07, 6.45) is 4.25. The van der Waals surface area contributed by atoms with Crippen molar-refractivity contribution in [1.29, 1.82) is 0 Å². The summed E-state index contributed by atoms with van der Waals surface area (Å²) in [5, 5.41) is 0. The topological polar surface area (TPSA) is 81.4 Å². The van der Waals surface area contributed by atoms with Gasteiger partial charge in [-0.15, -0.1) is 0 Å². The van der Waals surface area contributed by atoms with Crippen LogP contribution < -0.4 is 11.2 Å². The van der Waals surface area contributed by atoms with Crippen LogP contribution in [0.2, 0.25) is 0 Å². The van der Waals surface area contributed by atoms with E-state index in [0.29, 0.717) is 19.4 Å². The molecule has 0 aromatic carbocycles. The van der Waals surface area contributed by atoms with Gasteiger partial charge < -0.3 is 5.73 Å². The average Bonchev–Trinajstić information content (AvgIpc) is 2.18. The van der Waals surface area contributed by atoms with Gasteiger partial charge >= 0.3 is 0 Å². The molecule has 1 rings (SSSR count). The lowest BCUT2D eigenvalue weighted by Gasteiger charge is -2.22. The third-order valence-electron chi connectivity index (χ3n) is 2.14. The number of hydrogen-bond acceptors (Lipinski definition) is 4. The van der Waals surface area contributed by atoms with Crippen LogP contribution in [0.25, 0.3) is 0 Å². The van der Waals surface area contributed by atoms with Gasteiger partial charge in [0.2, 0.25) is 9.70 Å². The van der Waals surface area contributed by atoms with Gasteiger partial charge in [-0.05, 0) is 18.9 Å². The van der Waals surface area contributed by atoms with Gasteiger partial charge in [0.25, 0.3) is 0 Å². The van der Waals surface area contributed by atoms with Gasteiger partial charge in [-0.25, -0.2) is 5.48 Å². The Morgan fingerprint density at radius 2 is 2.53 bits per heavy atom. The van der Waals surface area contributed by atoms with Gasteiger partial charge in [-0.2, -0.15) is 0 Å². The second-order valence-electron chi connectivity index (χ2n) is 3.36. The lowest BCUT2D eigenvalue weighted by atomic mass is 9.95. The van der Waals surface area contributed by atoms with E-state index >= 15 is 0 Å². The lowest BCUT2D eigenvalue weighted by Crippen LogP contribution is -2.39. The maximum Gasteiger partial charge on any atom is 0.246 e. The summed E-state index contributed by atoms with van der Waals surface area (Å²) in [6, 6.07) is -0.266. The minimum atomic E-state index is -0.266. The SMILES string of the molecule is N[C@H](/C=C/C(=O)I)C[C@@H]1CCONC1=O. The first-order valence-electron chi connectivity index (χ1n) is 4.64. The normalized spacial score (nSPS) is 23.9. The molecule has 0 aliphatic carbocycles. The zero-order valence-corrected chi connectivity index (χ0v) is 10.3. The molecular weight excluding hydrogens is 311 g/mol. The molecule has 0 aromatic rings.